The Morgan fingerprint density at radius 3 is 2.11 bits per heavy atom. The summed E-state index contributed by atoms with van der Waals surface area (Å²) in [5, 5.41) is 0. The summed E-state index contributed by atoms with van der Waals surface area (Å²) in [7, 11) is 5.33. The molecule has 1 heterocycles. The number of esters is 1. The molecule has 0 saturated carbocycles. The maximum atomic E-state index is 11.4. The molecule has 0 spiro atoms. The fraction of sp³-hybridized carbons (Fsp3) is 0.857. The fourth-order valence-corrected chi connectivity index (χ4v) is 1.81. The van der Waals surface area contributed by atoms with Crippen molar-refractivity contribution in [1.29, 1.82) is 0 Å². The SMILES string of the molecule is CC.[CH2-]OC(=O)C(C)(C)CCN1CCN(C)CC1.[Y]. The minimum absolute atomic E-state index is 0. The van der Waals surface area contributed by atoms with Crippen molar-refractivity contribution in [2.75, 3.05) is 39.8 Å². The molecule has 1 rings (SSSR count). The zero-order valence-corrected chi connectivity index (χ0v) is 16.1. The average molecular weight is 346 g/mol. The van der Waals surface area contributed by atoms with E-state index in [-0.39, 0.29) is 38.7 Å². The van der Waals surface area contributed by atoms with Gasteiger partial charge < -0.3 is 14.5 Å². The molecule has 1 fully saturated rings. The Bertz CT molecular complexity index is 240. The monoisotopic (exact) mass is 346 g/mol. The van der Waals surface area contributed by atoms with Crippen LogP contribution in [0.4, 0.5) is 0 Å². The van der Waals surface area contributed by atoms with E-state index in [1.54, 1.807) is 0 Å². The maximum absolute atomic E-state index is 11.4. The van der Waals surface area contributed by atoms with Gasteiger partial charge in [-0.2, -0.15) is 7.11 Å². The number of piperazine rings is 1. The van der Waals surface area contributed by atoms with Gasteiger partial charge in [0.2, 0.25) is 0 Å². The van der Waals surface area contributed by atoms with E-state index in [1.165, 1.54) is 0 Å². The first-order valence-electron chi connectivity index (χ1n) is 6.83. The molecule has 1 saturated heterocycles. The second-order valence-electron chi connectivity index (χ2n) is 5.21. The molecule has 4 nitrogen and oxygen atoms in total. The van der Waals surface area contributed by atoms with Crippen LogP contribution >= 0.6 is 0 Å². The van der Waals surface area contributed by atoms with Crippen LogP contribution in [0, 0.1) is 12.5 Å². The van der Waals surface area contributed by atoms with E-state index in [0.29, 0.717) is 0 Å². The molecule has 0 atom stereocenters. The zero-order valence-electron chi connectivity index (χ0n) is 13.2. The Balaban J connectivity index is 0. The van der Waals surface area contributed by atoms with Gasteiger partial charge >= 0.3 is 0 Å². The average Bonchev–Trinajstić information content (AvgIpc) is 2.39. The molecule has 0 bridgehead atoms. The van der Waals surface area contributed by atoms with Crippen LogP contribution in [0.25, 0.3) is 0 Å². The van der Waals surface area contributed by atoms with Crippen molar-refractivity contribution in [3.05, 3.63) is 7.11 Å². The Labute approximate surface area is 144 Å². The molecule has 0 aromatic rings. The molecule has 19 heavy (non-hydrogen) atoms. The maximum Gasteiger partial charge on any atom is 0.279 e. The molecule has 1 aliphatic heterocycles. The molecule has 0 N–H and O–H groups in total. The molecule has 1 aliphatic rings. The molecule has 0 aliphatic carbocycles. The van der Waals surface area contributed by atoms with E-state index in [4.69, 9.17) is 0 Å². The Hall–Kier alpha value is 0.494. The van der Waals surface area contributed by atoms with Crippen molar-refractivity contribution >= 4 is 5.97 Å². The van der Waals surface area contributed by atoms with Gasteiger partial charge in [0.15, 0.2) is 0 Å². The topological polar surface area (TPSA) is 32.8 Å². The first-order valence-corrected chi connectivity index (χ1v) is 6.83. The number of ether oxygens (including phenoxy) is 1. The van der Waals surface area contributed by atoms with E-state index in [2.05, 4.69) is 28.7 Å². The van der Waals surface area contributed by atoms with Crippen molar-refractivity contribution in [2.24, 2.45) is 5.41 Å². The summed E-state index contributed by atoms with van der Waals surface area (Å²) in [4.78, 5) is 16.2. The Morgan fingerprint density at radius 2 is 1.68 bits per heavy atom. The Kier molecular flexibility index (Phi) is 12.8. The molecule has 0 aromatic heterocycles. The van der Waals surface area contributed by atoms with Crippen LogP contribution < -0.4 is 0 Å². The fourth-order valence-electron chi connectivity index (χ4n) is 1.81. The summed E-state index contributed by atoms with van der Waals surface area (Å²) in [5.74, 6) is -0.221. The molecule has 0 unspecified atom stereocenters. The van der Waals surface area contributed by atoms with Gasteiger partial charge in [-0.3, -0.25) is 4.79 Å². The molecule has 0 amide bonds. The normalized spacial score (nSPS) is 16.9. The number of rotatable bonds is 4. The van der Waals surface area contributed by atoms with Crippen molar-refractivity contribution in [3.8, 4) is 0 Å². The summed E-state index contributed by atoms with van der Waals surface area (Å²) in [6, 6.07) is 0. The molecule has 111 valence electrons. The van der Waals surface area contributed by atoms with Gasteiger partial charge in [-0.15, -0.1) is 0 Å². The third kappa shape index (κ3) is 8.39. The predicted octanol–water partition coefficient (Wildman–Crippen LogP) is 2.01. The van der Waals surface area contributed by atoms with Gasteiger partial charge in [0.1, 0.15) is 0 Å². The molecular weight excluding hydrogens is 317 g/mol. The smallest absolute Gasteiger partial charge is 0.279 e. The summed E-state index contributed by atoms with van der Waals surface area (Å²) >= 11 is 0. The van der Waals surface area contributed by atoms with Crippen LogP contribution in [0.5, 0.6) is 0 Å². The summed E-state index contributed by atoms with van der Waals surface area (Å²) < 4.78 is 4.56. The Morgan fingerprint density at radius 1 is 1.21 bits per heavy atom. The summed E-state index contributed by atoms with van der Waals surface area (Å²) in [5.41, 5.74) is -0.425. The van der Waals surface area contributed by atoms with Crippen LogP contribution in [0.3, 0.4) is 0 Å². The summed E-state index contributed by atoms with van der Waals surface area (Å²) in [6.45, 7) is 13.2. The van der Waals surface area contributed by atoms with Crippen molar-refractivity contribution < 1.29 is 42.2 Å². The second-order valence-corrected chi connectivity index (χ2v) is 5.21. The van der Waals surface area contributed by atoms with Crippen LogP contribution in [0.1, 0.15) is 34.1 Å². The van der Waals surface area contributed by atoms with Gasteiger partial charge in [-0.05, 0) is 33.9 Å². The molecule has 1 radical (unpaired) electrons. The number of hydrogen-bond donors (Lipinski definition) is 0. The minimum atomic E-state index is -0.425. The largest absolute Gasteiger partial charge is 0.640 e. The minimum Gasteiger partial charge on any atom is -0.640 e. The van der Waals surface area contributed by atoms with Gasteiger partial charge in [0, 0.05) is 58.9 Å². The van der Waals surface area contributed by atoms with Gasteiger partial charge in [0.25, 0.3) is 5.97 Å². The van der Waals surface area contributed by atoms with E-state index < -0.39 is 5.41 Å². The van der Waals surface area contributed by atoms with Crippen molar-refractivity contribution in [2.45, 2.75) is 34.1 Å². The van der Waals surface area contributed by atoms with Gasteiger partial charge in [-0.1, -0.05) is 13.8 Å². The molecule has 0 aromatic carbocycles. The summed E-state index contributed by atoms with van der Waals surface area (Å²) in [6.07, 6.45) is 0.824. The predicted molar refractivity (Wildman–Crippen MR) is 75.1 cm³/mol. The first kappa shape index (κ1) is 21.8. The van der Waals surface area contributed by atoms with Gasteiger partial charge in [0.05, 0.1) is 5.41 Å². The molecular formula is C14H29N2O2Y-. The van der Waals surface area contributed by atoms with Crippen LogP contribution in [-0.4, -0.2) is 55.5 Å². The first-order chi connectivity index (χ1) is 8.45. The van der Waals surface area contributed by atoms with Crippen molar-refractivity contribution in [1.82, 2.24) is 9.80 Å². The number of carbonyl (C=O) groups excluding carboxylic acids is 1. The van der Waals surface area contributed by atoms with E-state index in [1.807, 2.05) is 27.7 Å². The van der Waals surface area contributed by atoms with Crippen LogP contribution in [0.2, 0.25) is 0 Å². The number of carbonyl (C=O) groups is 1. The van der Waals surface area contributed by atoms with Crippen LogP contribution in [-0.2, 0) is 42.2 Å². The van der Waals surface area contributed by atoms with E-state index in [0.717, 1.165) is 39.1 Å². The molecule has 5 heteroatoms. The van der Waals surface area contributed by atoms with Gasteiger partial charge in [-0.25, -0.2) is 0 Å². The number of likely N-dealkylation sites (N-methyl/N-ethyl adjacent to an activating group) is 1. The third-order valence-electron chi connectivity index (χ3n) is 3.33. The van der Waals surface area contributed by atoms with E-state index >= 15 is 0 Å². The second kappa shape index (κ2) is 11.2. The quantitative estimate of drug-likeness (QED) is 0.576. The van der Waals surface area contributed by atoms with Crippen molar-refractivity contribution in [3.63, 3.8) is 0 Å². The standard InChI is InChI=1S/C12H23N2O2.C2H6.Y/c1-12(2,11(15)16-4)5-6-14-9-7-13(3)8-10-14;1-2;/h4-10H2,1-3H3;1-2H3;/q-1;;. The zero-order chi connectivity index (χ0) is 14.2. The van der Waals surface area contributed by atoms with E-state index in [9.17, 15) is 4.79 Å². The number of hydrogen-bond acceptors (Lipinski definition) is 4. The number of nitrogens with zero attached hydrogens (tertiary/aromatic N) is 2. The van der Waals surface area contributed by atoms with Crippen LogP contribution in [0.15, 0.2) is 0 Å². The third-order valence-corrected chi connectivity index (χ3v) is 3.33.